The zero-order valence-electron chi connectivity index (χ0n) is 10.7. The van der Waals surface area contributed by atoms with Crippen molar-refractivity contribution in [1.29, 1.82) is 0 Å². The predicted octanol–water partition coefficient (Wildman–Crippen LogP) is 3.79. The summed E-state index contributed by atoms with van der Waals surface area (Å²) in [6.07, 6.45) is 3.56. The zero-order chi connectivity index (χ0) is 13.7. The molecule has 2 aromatic heterocycles. The predicted molar refractivity (Wildman–Crippen MR) is 76.8 cm³/mol. The standard InChI is InChI=1S/C14H16N2O2S/c1-2-5-11(12-7-4-9-19-12)16-13-10(14(17)18)6-3-8-15-13/h3-4,6-9,11H,2,5H2,1H3,(H,15,16)(H,17,18). The number of carboxylic acid groups (broad SMARTS) is 1. The van der Waals surface area contributed by atoms with Gasteiger partial charge in [0.2, 0.25) is 0 Å². The molecule has 0 aromatic carbocycles. The smallest absolute Gasteiger partial charge is 0.339 e. The van der Waals surface area contributed by atoms with Crippen LogP contribution in [0.1, 0.15) is 41.0 Å². The van der Waals surface area contributed by atoms with E-state index in [0.29, 0.717) is 5.82 Å². The highest BCUT2D eigenvalue weighted by Crippen LogP contribution is 2.27. The van der Waals surface area contributed by atoms with E-state index in [2.05, 4.69) is 23.3 Å². The SMILES string of the molecule is CCCC(Nc1ncccc1C(=O)O)c1cccs1. The highest BCUT2D eigenvalue weighted by atomic mass is 32.1. The Balaban J connectivity index is 2.25. The van der Waals surface area contributed by atoms with Crippen LogP contribution in [-0.4, -0.2) is 16.1 Å². The number of anilines is 1. The summed E-state index contributed by atoms with van der Waals surface area (Å²) >= 11 is 1.67. The largest absolute Gasteiger partial charge is 0.478 e. The number of carbonyl (C=O) groups is 1. The molecule has 2 aromatic rings. The Morgan fingerprint density at radius 1 is 1.47 bits per heavy atom. The van der Waals surface area contributed by atoms with Gasteiger partial charge in [-0.15, -0.1) is 11.3 Å². The third-order valence-corrected chi connectivity index (χ3v) is 3.80. The molecule has 0 amide bonds. The molecule has 0 aliphatic carbocycles. The van der Waals surface area contributed by atoms with Crippen molar-refractivity contribution in [3.05, 3.63) is 46.3 Å². The lowest BCUT2D eigenvalue weighted by Crippen LogP contribution is -2.13. The van der Waals surface area contributed by atoms with E-state index >= 15 is 0 Å². The maximum Gasteiger partial charge on any atom is 0.339 e. The quantitative estimate of drug-likeness (QED) is 0.842. The summed E-state index contributed by atoms with van der Waals surface area (Å²) < 4.78 is 0. The number of aromatic nitrogens is 1. The molecule has 0 saturated heterocycles. The lowest BCUT2D eigenvalue weighted by atomic mass is 10.1. The van der Waals surface area contributed by atoms with Gasteiger partial charge in [0.25, 0.3) is 0 Å². The van der Waals surface area contributed by atoms with Crippen molar-refractivity contribution < 1.29 is 9.90 Å². The van der Waals surface area contributed by atoms with E-state index in [-0.39, 0.29) is 11.6 Å². The van der Waals surface area contributed by atoms with Crippen LogP contribution in [0.4, 0.5) is 5.82 Å². The van der Waals surface area contributed by atoms with Crippen LogP contribution in [0.15, 0.2) is 35.8 Å². The molecule has 2 rings (SSSR count). The summed E-state index contributed by atoms with van der Waals surface area (Å²) in [6, 6.07) is 7.37. The van der Waals surface area contributed by atoms with E-state index in [1.54, 1.807) is 29.7 Å². The van der Waals surface area contributed by atoms with Crippen LogP contribution in [-0.2, 0) is 0 Å². The first-order chi connectivity index (χ1) is 9.22. The third kappa shape index (κ3) is 3.32. The van der Waals surface area contributed by atoms with Crippen molar-refractivity contribution in [3.63, 3.8) is 0 Å². The molecule has 0 spiro atoms. The van der Waals surface area contributed by atoms with E-state index in [9.17, 15) is 4.79 Å². The van der Waals surface area contributed by atoms with Crippen LogP contribution in [0.5, 0.6) is 0 Å². The molecular weight excluding hydrogens is 260 g/mol. The number of nitrogens with one attached hydrogen (secondary N) is 1. The Morgan fingerprint density at radius 2 is 2.32 bits per heavy atom. The fraction of sp³-hybridized carbons (Fsp3) is 0.286. The summed E-state index contributed by atoms with van der Waals surface area (Å²) in [5.41, 5.74) is 0.208. The zero-order valence-corrected chi connectivity index (χ0v) is 11.5. The highest BCUT2D eigenvalue weighted by molar-refractivity contribution is 7.10. The molecule has 0 radical (unpaired) electrons. The van der Waals surface area contributed by atoms with E-state index in [4.69, 9.17) is 5.11 Å². The lowest BCUT2D eigenvalue weighted by Gasteiger charge is -2.18. The first-order valence-corrected chi connectivity index (χ1v) is 7.08. The number of hydrogen-bond donors (Lipinski definition) is 2. The second-order valence-electron chi connectivity index (χ2n) is 4.21. The molecule has 2 heterocycles. The van der Waals surface area contributed by atoms with Crippen molar-refractivity contribution in [2.45, 2.75) is 25.8 Å². The maximum absolute atomic E-state index is 11.2. The average Bonchev–Trinajstić information content (AvgIpc) is 2.92. The van der Waals surface area contributed by atoms with Crippen molar-refractivity contribution >= 4 is 23.1 Å². The Kier molecular flexibility index (Phi) is 4.52. The minimum atomic E-state index is -0.961. The van der Waals surface area contributed by atoms with Gasteiger partial charge in [-0.1, -0.05) is 19.4 Å². The molecule has 0 bridgehead atoms. The molecule has 2 N–H and O–H groups in total. The van der Waals surface area contributed by atoms with Crippen molar-refractivity contribution in [2.75, 3.05) is 5.32 Å². The van der Waals surface area contributed by atoms with Gasteiger partial charge in [-0.25, -0.2) is 9.78 Å². The van der Waals surface area contributed by atoms with Crippen LogP contribution in [0.3, 0.4) is 0 Å². The van der Waals surface area contributed by atoms with Gasteiger partial charge in [-0.05, 0) is 30.0 Å². The summed E-state index contributed by atoms with van der Waals surface area (Å²) in [5.74, 6) is -0.529. The number of nitrogens with zero attached hydrogens (tertiary/aromatic N) is 1. The van der Waals surface area contributed by atoms with Crippen molar-refractivity contribution in [1.82, 2.24) is 4.98 Å². The number of hydrogen-bond acceptors (Lipinski definition) is 4. The summed E-state index contributed by atoms with van der Waals surface area (Å²) in [6.45, 7) is 2.11. The minimum Gasteiger partial charge on any atom is -0.478 e. The second-order valence-corrected chi connectivity index (χ2v) is 5.19. The Labute approximate surface area is 116 Å². The molecule has 1 atom stereocenters. The van der Waals surface area contributed by atoms with Gasteiger partial charge in [-0.3, -0.25) is 0 Å². The third-order valence-electron chi connectivity index (χ3n) is 2.81. The van der Waals surface area contributed by atoms with E-state index < -0.39 is 5.97 Å². The monoisotopic (exact) mass is 276 g/mol. The summed E-state index contributed by atoms with van der Waals surface area (Å²) in [4.78, 5) is 16.5. The molecule has 4 nitrogen and oxygen atoms in total. The van der Waals surface area contributed by atoms with Gasteiger partial charge in [0, 0.05) is 11.1 Å². The van der Waals surface area contributed by atoms with Gasteiger partial charge in [0.15, 0.2) is 0 Å². The molecule has 0 saturated carbocycles. The molecule has 19 heavy (non-hydrogen) atoms. The number of aromatic carboxylic acids is 1. The summed E-state index contributed by atoms with van der Waals surface area (Å²) in [7, 11) is 0. The minimum absolute atomic E-state index is 0.109. The van der Waals surface area contributed by atoms with Gasteiger partial charge in [0.1, 0.15) is 11.4 Å². The number of rotatable bonds is 6. The maximum atomic E-state index is 11.2. The highest BCUT2D eigenvalue weighted by Gasteiger charge is 2.16. The van der Waals surface area contributed by atoms with Crippen LogP contribution < -0.4 is 5.32 Å². The van der Waals surface area contributed by atoms with E-state index in [1.165, 1.54) is 4.88 Å². The molecule has 0 fully saturated rings. The fourth-order valence-corrected chi connectivity index (χ4v) is 2.73. The average molecular weight is 276 g/mol. The van der Waals surface area contributed by atoms with Gasteiger partial charge < -0.3 is 10.4 Å². The van der Waals surface area contributed by atoms with Crippen molar-refractivity contribution in [2.24, 2.45) is 0 Å². The molecule has 0 aliphatic rings. The van der Waals surface area contributed by atoms with Crippen molar-refractivity contribution in [3.8, 4) is 0 Å². The Bertz CT molecular complexity index is 540. The van der Waals surface area contributed by atoms with Crippen LogP contribution >= 0.6 is 11.3 Å². The molecule has 0 aliphatic heterocycles. The topological polar surface area (TPSA) is 62.2 Å². The molecule has 1 unspecified atom stereocenters. The normalized spacial score (nSPS) is 12.1. The molecule has 5 heteroatoms. The molecular formula is C14H16N2O2S. The second kappa shape index (κ2) is 6.33. The Hall–Kier alpha value is -1.88. The van der Waals surface area contributed by atoms with E-state index in [1.807, 2.05) is 11.4 Å². The fourth-order valence-electron chi connectivity index (χ4n) is 1.92. The van der Waals surface area contributed by atoms with E-state index in [0.717, 1.165) is 12.8 Å². The van der Waals surface area contributed by atoms with Gasteiger partial charge in [-0.2, -0.15) is 0 Å². The Morgan fingerprint density at radius 3 is 2.95 bits per heavy atom. The first kappa shape index (κ1) is 13.5. The number of pyridine rings is 1. The van der Waals surface area contributed by atoms with Crippen LogP contribution in [0.2, 0.25) is 0 Å². The number of thiophene rings is 1. The first-order valence-electron chi connectivity index (χ1n) is 6.20. The lowest BCUT2D eigenvalue weighted by molar-refractivity contribution is 0.0697. The molecule has 100 valence electrons. The van der Waals surface area contributed by atoms with Crippen LogP contribution in [0, 0.1) is 0 Å². The summed E-state index contributed by atoms with van der Waals surface area (Å²) in [5, 5.41) is 14.4. The van der Waals surface area contributed by atoms with Gasteiger partial charge >= 0.3 is 5.97 Å². The number of carboxylic acids is 1. The van der Waals surface area contributed by atoms with Gasteiger partial charge in [0.05, 0.1) is 6.04 Å². The van der Waals surface area contributed by atoms with Crippen LogP contribution in [0.25, 0.3) is 0 Å².